The maximum Gasteiger partial charge on any atom is 0.387 e. The number of anilines is 1. The van der Waals surface area contributed by atoms with E-state index in [1.807, 2.05) is 48.5 Å². The minimum absolute atomic E-state index is 0.0755. The molecule has 1 aliphatic heterocycles. The molecule has 1 saturated heterocycles. The molecule has 0 spiro atoms. The molecule has 0 aromatic heterocycles. The first-order valence-corrected chi connectivity index (χ1v) is 12.6. The number of alkyl halides is 2. The molecule has 4 rings (SSSR count). The van der Waals surface area contributed by atoms with Crippen LogP contribution in [0.4, 0.5) is 19.3 Å². The second-order valence-corrected chi connectivity index (χ2v) is 9.23. The summed E-state index contributed by atoms with van der Waals surface area (Å²) in [6, 6.07) is 21.1. The Balaban J connectivity index is 1.35. The van der Waals surface area contributed by atoms with E-state index in [9.17, 15) is 13.6 Å². The lowest BCUT2D eigenvalue weighted by Gasteiger charge is -2.36. The molecule has 10 heteroatoms. The molecule has 1 fully saturated rings. The molecule has 1 N–H and O–H groups in total. The van der Waals surface area contributed by atoms with Crippen LogP contribution in [0.5, 0.6) is 11.5 Å². The van der Waals surface area contributed by atoms with Gasteiger partial charge in [-0.25, -0.2) is 4.79 Å². The Bertz CT molecular complexity index is 1190. The zero-order chi connectivity index (χ0) is 26.9. The standard InChI is InChI=1S/C28H30ClF2N3O4/c1-36-23-6-4-5-20(17-23)19-37-26(21-9-11-22(29)12-10-21)18-33-13-15-34(16-14-33)28(35)32-24-7-2-3-8-25(24)38-27(30)31/h2-12,17,26-27H,13-16,18-19H2,1H3,(H,32,35)/t26-/m0/s1. The number of urea groups is 1. The van der Waals surface area contributed by atoms with Gasteiger partial charge in [0.05, 0.1) is 25.5 Å². The van der Waals surface area contributed by atoms with Gasteiger partial charge in [-0.05, 0) is 47.5 Å². The highest BCUT2D eigenvalue weighted by Crippen LogP contribution is 2.27. The zero-order valence-electron chi connectivity index (χ0n) is 21.0. The van der Waals surface area contributed by atoms with Gasteiger partial charge in [-0.15, -0.1) is 0 Å². The quantitative estimate of drug-likeness (QED) is 0.336. The van der Waals surface area contributed by atoms with Crippen LogP contribution in [0.25, 0.3) is 0 Å². The lowest BCUT2D eigenvalue weighted by Crippen LogP contribution is -2.50. The summed E-state index contributed by atoms with van der Waals surface area (Å²) in [4.78, 5) is 16.7. The summed E-state index contributed by atoms with van der Waals surface area (Å²) in [5.41, 5.74) is 2.21. The summed E-state index contributed by atoms with van der Waals surface area (Å²) in [5.74, 6) is 0.695. The van der Waals surface area contributed by atoms with E-state index in [0.29, 0.717) is 44.4 Å². The highest BCUT2D eigenvalue weighted by atomic mass is 35.5. The molecule has 0 unspecified atom stereocenters. The SMILES string of the molecule is COc1cccc(CO[C@@H](CN2CCN(C(=O)Nc3ccccc3OC(F)F)CC2)c2ccc(Cl)cc2)c1. The molecule has 0 radical (unpaired) electrons. The van der Waals surface area contributed by atoms with Gasteiger partial charge in [0.2, 0.25) is 0 Å². The van der Waals surface area contributed by atoms with E-state index in [4.69, 9.17) is 21.1 Å². The van der Waals surface area contributed by atoms with Crippen LogP contribution < -0.4 is 14.8 Å². The minimum atomic E-state index is -2.98. The molecule has 3 aromatic rings. The van der Waals surface area contributed by atoms with Gasteiger partial charge in [-0.2, -0.15) is 8.78 Å². The van der Waals surface area contributed by atoms with E-state index in [2.05, 4.69) is 15.0 Å². The van der Waals surface area contributed by atoms with Crippen LogP contribution in [-0.2, 0) is 11.3 Å². The fourth-order valence-electron chi connectivity index (χ4n) is 4.22. The average Bonchev–Trinajstić information content (AvgIpc) is 2.93. The van der Waals surface area contributed by atoms with Gasteiger partial charge in [0.1, 0.15) is 11.5 Å². The first-order chi connectivity index (χ1) is 18.4. The van der Waals surface area contributed by atoms with Gasteiger partial charge in [-0.1, -0.05) is 48.0 Å². The number of piperazine rings is 1. The summed E-state index contributed by atoms with van der Waals surface area (Å²) in [6.45, 7) is 0.292. The van der Waals surface area contributed by atoms with E-state index < -0.39 is 6.61 Å². The molecular weight excluding hydrogens is 516 g/mol. The van der Waals surface area contributed by atoms with Gasteiger partial charge in [-0.3, -0.25) is 4.90 Å². The number of para-hydroxylation sites is 2. The molecule has 38 heavy (non-hydrogen) atoms. The summed E-state index contributed by atoms with van der Waals surface area (Å²) < 4.78 is 41.6. The first-order valence-electron chi connectivity index (χ1n) is 12.2. The molecule has 1 atom stereocenters. The third-order valence-electron chi connectivity index (χ3n) is 6.26. The largest absolute Gasteiger partial charge is 0.497 e. The van der Waals surface area contributed by atoms with Crippen molar-refractivity contribution in [3.63, 3.8) is 0 Å². The van der Waals surface area contributed by atoms with Crippen molar-refractivity contribution in [2.24, 2.45) is 0 Å². The first kappa shape index (κ1) is 27.6. The van der Waals surface area contributed by atoms with Gasteiger partial charge in [0.25, 0.3) is 0 Å². The number of amides is 2. The molecule has 202 valence electrons. The topological polar surface area (TPSA) is 63.3 Å². The predicted octanol–water partition coefficient (Wildman–Crippen LogP) is 6.06. The van der Waals surface area contributed by atoms with Crippen molar-refractivity contribution in [3.8, 4) is 11.5 Å². The predicted molar refractivity (Wildman–Crippen MR) is 142 cm³/mol. The number of carbonyl (C=O) groups is 1. The molecule has 2 amide bonds. The maximum absolute atomic E-state index is 12.8. The molecule has 0 saturated carbocycles. The number of nitrogens with one attached hydrogen (secondary N) is 1. The van der Waals surface area contributed by atoms with E-state index in [1.165, 1.54) is 12.1 Å². The Kier molecular flexibility index (Phi) is 9.75. The number of ether oxygens (including phenoxy) is 3. The molecule has 1 heterocycles. The molecule has 7 nitrogen and oxygen atoms in total. The highest BCUT2D eigenvalue weighted by molar-refractivity contribution is 6.30. The maximum atomic E-state index is 12.8. The Labute approximate surface area is 225 Å². The van der Waals surface area contributed by atoms with Crippen molar-refractivity contribution >= 4 is 23.3 Å². The van der Waals surface area contributed by atoms with Crippen molar-refractivity contribution in [2.45, 2.75) is 19.3 Å². The summed E-state index contributed by atoms with van der Waals surface area (Å²) in [5, 5.41) is 3.34. The lowest BCUT2D eigenvalue weighted by atomic mass is 10.1. The number of hydrogen-bond donors (Lipinski definition) is 1. The number of carbonyl (C=O) groups excluding carboxylic acids is 1. The van der Waals surface area contributed by atoms with Crippen LogP contribution in [0.15, 0.2) is 72.8 Å². The van der Waals surface area contributed by atoms with Crippen LogP contribution >= 0.6 is 11.6 Å². The van der Waals surface area contributed by atoms with Crippen LogP contribution in [0.2, 0.25) is 5.02 Å². The highest BCUT2D eigenvalue weighted by Gasteiger charge is 2.25. The fourth-order valence-corrected chi connectivity index (χ4v) is 4.35. The summed E-state index contributed by atoms with van der Waals surface area (Å²) in [6.07, 6.45) is -0.211. The zero-order valence-corrected chi connectivity index (χ0v) is 21.7. The average molecular weight is 546 g/mol. The second-order valence-electron chi connectivity index (χ2n) is 8.80. The molecule has 1 aliphatic rings. The Hall–Kier alpha value is -3.40. The van der Waals surface area contributed by atoms with Gasteiger partial charge >= 0.3 is 12.6 Å². The van der Waals surface area contributed by atoms with E-state index >= 15 is 0 Å². The Morgan fingerprint density at radius 3 is 2.45 bits per heavy atom. The normalized spacial score (nSPS) is 14.8. The van der Waals surface area contributed by atoms with Crippen LogP contribution in [0.3, 0.4) is 0 Å². The van der Waals surface area contributed by atoms with Crippen LogP contribution in [0, 0.1) is 0 Å². The van der Waals surface area contributed by atoms with Crippen molar-refractivity contribution in [1.82, 2.24) is 9.80 Å². The number of hydrogen-bond acceptors (Lipinski definition) is 5. The van der Waals surface area contributed by atoms with Gasteiger partial charge in [0.15, 0.2) is 0 Å². The number of halogens is 3. The summed E-state index contributed by atoms with van der Waals surface area (Å²) in [7, 11) is 1.63. The van der Waals surface area contributed by atoms with Crippen molar-refractivity contribution < 1.29 is 27.8 Å². The van der Waals surface area contributed by atoms with Gasteiger partial charge in [0, 0.05) is 37.7 Å². The monoisotopic (exact) mass is 545 g/mol. The third-order valence-corrected chi connectivity index (χ3v) is 6.51. The Morgan fingerprint density at radius 1 is 1.00 bits per heavy atom. The number of nitrogens with zero attached hydrogens (tertiary/aromatic N) is 2. The molecule has 0 aliphatic carbocycles. The number of methoxy groups -OCH3 is 1. The van der Waals surface area contributed by atoms with Crippen LogP contribution in [0.1, 0.15) is 17.2 Å². The minimum Gasteiger partial charge on any atom is -0.497 e. The smallest absolute Gasteiger partial charge is 0.387 e. The van der Waals surface area contributed by atoms with E-state index in [1.54, 1.807) is 24.1 Å². The molecular formula is C28H30ClF2N3O4. The third kappa shape index (κ3) is 7.80. The van der Waals surface area contributed by atoms with Crippen molar-refractivity contribution in [2.75, 3.05) is 45.2 Å². The van der Waals surface area contributed by atoms with Crippen molar-refractivity contribution in [3.05, 3.63) is 88.9 Å². The fraction of sp³-hybridized carbons (Fsp3) is 0.321. The lowest BCUT2D eigenvalue weighted by molar-refractivity contribution is -0.0493. The second kappa shape index (κ2) is 13.4. The van der Waals surface area contributed by atoms with E-state index in [-0.39, 0.29) is 23.6 Å². The number of rotatable bonds is 10. The van der Waals surface area contributed by atoms with E-state index in [0.717, 1.165) is 16.9 Å². The number of benzene rings is 3. The van der Waals surface area contributed by atoms with Crippen LogP contribution in [-0.4, -0.2) is 62.3 Å². The Morgan fingerprint density at radius 2 is 1.74 bits per heavy atom. The molecule has 0 bridgehead atoms. The van der Waals surface area contributed by atoms with Crippen molar-refractivity contribution in [1.29, 1.82) is 0 Å². The molecule has 3 aromatic carbocycles. The summed E-state index contributed by atoms with van der Waals surface area (Å²) >= 11 is 6.10. The van der Waals surface area contributed by atoms with Gasteiger partial charge < -0.3 is 24.4 Å².